The van der Waals surface area contributed by atoms with E-state index in [4.69, 9.17) is 23.2 Å². The molecule has 5 heteroatoms. The highest BCUT2D eigenvalue weighted by molar-refractivity contribution is 6.41. The van der Waals surface area contributed by atoms with Gasteiger partial charge >= 0.3 is 0 Å². The van der Waals surface area contributed by atoms with Gasteiger partial charge < -0.3 is 15.2 Å². The van der Waals surface area contributed by atoms with Gasteiger partial charge in [-0.05, 0) is 12.1 Å². The largest absolute Gasteiger partial charge is 0.544 e. The van der Waals surface area contributed by atoms with Gasteiger partial charge in [0.25, 0.3) is 0 Å². The lowest BCUT2D eigenvalue weighted by molar-refractivity contribution is -0.665. The average Bonchev–Trinajstić information content (AvgIpc) is 2.10. The number of halogens is 2. The van der Waals surface area contributed by atoms with E-state index < -0.39 is 5.97 Å². The van der Waals surface area contributed by atoms with Gasteiger partial charge in [0.2, 0.25) is 0 Å². The van der Waals surface area contributed by atoms with E-state index in [1.165, 1.54) is 0 Å². The molecule has 1 aromatic carbocycles. The maximum absolute atomic E-state index is 10.1. The summed E-state index contributed by atoms with van der Waals surface area (Å²) in [6.45, 7) is 0.491. The zero-order chi connectivity index (χ0) is 10.6. The van der Waals surface area contributed by atoms with Gasteiger partial charge in [0.15, 0.2) is 0 Å². The highest BCUT2D eigenvalue weighted by atomic mass is 35.5. The van der Waals surface area contributed by atoms with Crippen LogP contribution in [0.1, 0.15) is 5.56 Å². The predicted octanol–water partition coefficient (Wildman–Crippen LogP) is -0.193. The zero-order valence-corrected chi connectivity index (χ0v) is 8.81. The third-order valence-electron chi connectivity index (χ3n) is 1.68. The van der Waals surface area contributed by atoms with Crippen LogP contribution in [0.4, 0.5) is 0 Å². The van der Waals surface area contributed by atoms with Gasteiger partial charge in [0, 0.05) is 5.56 Å². The molecule has 0 aliphatic heterocycles. The lowest BCUT2D eigenvalue weighted by Gasteiger charge is -2.03. The fourth-order valence-corrected chi connectivity index (χ4v) is 1.34. The number of carboxylic acid groups (broad SMARTS) is 1. The van der Waals surface area contributed by atoms with E-state index in [1.54, 1.807) is 23.5 Å². The molecule has 0 saturated carbocycles. The molecule has 0 spiro atoms. The number of carbonyl (C=O) groups excluding carboxylic acids is 1. The van der Waals surface area contributed by atoms with E-state index >= 15 is 0 Å². The normalized spacial score (nSPS) is 10.1. The van der Waals surface area contributed by atoms with Crippen LogP contribution in [0.2, 0.25) is 10.0 Å². The van der Waals surface area contributed by atoms with Crippen molar-refractivity contribution in [1.82, 2.24) is 0 Å². The molecule has 0 saturated heterocycles. The van der Waals surface area contributed by atoms with Crippen molar-refractivity contribution in [2.24, 2.45) is 0 Å². The van der Waals surface area contributed by atoms with Crippen LogP contribution in [-0.4, -0.2) is 12.5 Å². The first-order valence-corrected chi connectivity index (χ1v) is 4.80. The summed E-state index contributed by atoms with van der Waals surface area (Å²) in [7, 11) is 0. The van der Waals surface area contributed by atoms with Crippen LogP contribution in [-0.2, 0) is 11.3 Å². The number of nitrogens with two attached hydrogens (primary N) is 1. The highest BCUT2D eigenvalue weighted by Gasteiger charge is 2.00. The van der Waals surface area contributed by atoms with Crippen LogP contribution < -0.4 is 10.4 Å². The second kappa shape index (κ2) is 5.20. The molecule has 3 nitrogen and oxygen atoms in total. The Hall–Kier alpha value is -0.770. The van der Waals surface area contributed by atoms with Crippen molar-refractivity contribution < 1.29 is 15.2 Å². The van der Waals surface area contributed by atoms with Gasteiger partial charge in [-0.1, -0.05) is 29.3 Å². The summed E-state index contributed by atoms with van der Waals surface area (Å²) < 4.78 is 0. The molecule has 0 aliphatic rings. The number of rotatable bonds is 4. The quantitative estimate of drug-likeness (QED) is 0.784. The molecule has 0 radical (unpaired) electrons. The summed E-state index contributed by atoms with van der Waals surface area (Å²) in [5.41, 5.74) is 0.931. The molecule has 0 aliphatic carbocycles. The van der Waals surface area contributed by atoms with Gasteiger partial charge in [-0.3, -0.25) is 0 Å². The molecular weight excluding hydrogens is 225 g/mol. The molecule has 1 aromatic rings. The Bertz CT molecular complexity index is 342. The molecule has 14 heavy (non-hydrogen) atoms. The monoisotopic (exact) mass is 233 g/mol. The first-order valence-electron chi connectivity index (χ1n) is 4.05. The van der Waals surface area contributed by atoms with Crippen LogP contribution in [0, 0.1) is 0 Å². The van der Waals surface area contributed by atoms with E-state index in [-0.39, 0.29) is 6.54 Å². The first-order chi connectivity index (χ1) is 6.59. The van der Waals surface area contributed by atoms with Gasteiger partial charge in [0.1, 0.15) is 13.1 Å². The number of aliphatic carboxylic acids is 1. The van der Waals surface area contributed by atoms with Gasteiger partial charge in [-0.25, -0.2) is 0 Å². The molecule has 0 bridgehead atoms. The third-order valence-corrected chi connectivity index (χ3v) is 2.41. The van der Waals surface area contributed by atoms with Crippen molar-refractivity contribution in [3.05, 3.63) is 33.8 Å². The maximum Gasteiger partial charge on any atom is 0.116 e. The summed E-state index contributed by atoms with van der Waals surface area (Å²) in [6.07, 6.45) is 0. The zero-order valence-electron chi connectivity index (χ0n) is 7.30. The number of benzene rings is 1. The molecular formula is C9H9Cl2NO2. The van der Waals surface area contributed by atoms with Crippen LogP contribution in [0.5, 0.6) is 0 Å². The Kier molecular flexibility index (Phi) is 4.20. The number of carboxylic acids is 1. The predicted molar refractivity (Wildman–Crippen MR) is 52.0 cm³/mol. The maximum atomic E-state index is 10.1. The number of hydrogen-bond donors (Lipinski definition) is 1. The summed E-state index contributed by atoms with van der Waals surface area (Å²) in [4.78, 5) is 10.1. The summed E-state index contributed by atoms with van der Waals surface area (Å²) in [6, 6.07) is 5.21. The summed E-state index contributed by atoms with van der Waals surface area (Å²) >= 11 is 11.5. The molecule has 76 valence electrons. The minimum atomic E-state index is -1.08. The minimum absolute atomic E-state index is 0.0553. The van der Waals surface area contributed by atoms with Crippen molar-refractivity contribution in [2.45, 2.75) is 6.54 Å². The number of carbonyl (C=O) groups is 1. The van der Waals surface area contributed by atoms with E-state index in [0.29, 0.717) is 16.6 Å². The second-order valence-electron chi connectivity index (χ2n) is 2.82. The van der Waals surface area contributed by atoms with E-state index in [1.807, 2.05) is 0 Å². The smallest absolute Gasteiger partial charge is 0.116 e. The molecule has 0 unspecified atom stereocenters. The Balaban J connectivity index is 2.51. The second-order valence-corrected chi connectivity index (χ2v) is 3.63. The Morgan fingerprint density at radius 3 is 2.64 bits per heavy atom. The van der Waals surface area contributed by atoms with Crippen molar-refractivity contribution >= 4 is 29.2 Å². The van der Waals surface area contributed by atoms with Gasteiger partial charge in [-0.2, -0.15) is 0 Å². The molecule has 0 fully saturated rings. The molecule has 2 N–H and O–H groups in total. The first kappa shape index (κ1) is 11.3. The lowest BCUT2D eigenvalue weighted by atomic mass is 10.2. The van der Waals surface area contributed by atoms with E-state index in [9.17, 15) is 9.90 Å². The SMILES string of the molecule is O=C([O-])C[NH2+]Cc1ccc(Cl)c(Cl)c1. The van der Waals surface area contributed by atoms with Crippen LogP contribution in [0.3, 0.4) is 0 Å². The third kappa shape index (κ3) is 3.54. The number of quaternary nitrogens is 1. The van der Waals surface area contributed by atoms with Crippen molar-refractivity contribution in [2.75, 3.05) is 6.54 Å². The minimum Gasteiger partial charge on any atom is -0.544 e. The fraction of sp³-hybridized carbons (Fsp3) is 0.222. The van der Waals surface area contributed by atoms with Crippen LogP contribution in [0.15, 0.2) is 18.2 Å². The fourth-order valence-electron chi connectivity index (χ4n) is 1.02. The Morgan fingerprint density at radius 2 is 2.07 bits per heavy atom. The molecule has 0 atom stereocenters. The molecule has 1 rings (SSSR count). The van der Waals surface area contributed by atoms with E-state index in [0.717, 1.165) is 5.56 Å². The summed E-state index contributed by atoms with van der Waals surface area (Å²) in [5.74, 6) is -1.08. The van der Waals surface area contributed by atoms with Crippen LogP contribution >= 0.6 is 23.2 Å². The van der Waals surface area contributed by atoms with Gasteiger partial charge in [0.05, 0.1) is 16.0 Å². The number of hydrogen-bond acceptors (Lipinski definition) is 2. The van der Waals surface area contributed by atoms with Crippen LogP contribution in [0.25, 0.3) is 0 Å². The molecule has 0 heterocycles. The van der Waals surface area contributed by atoms with Crippen molar-refractivity contribution in [1.29, 1.82) is 0 Å². The lowest BCUT2D eigenvalue weighted by Crippen LogP contribution is -2.85. The Morgan fingerprint density at radius 1 is 1.36 bits per heavy atom. The average molecular weight is 234 g/mol. The molecule has 0 aromatic heterocycles. The van der Waals surface area contributed by atoms with Crippen molar-refractivity contribution in [3.63, 3.8) is 0 Å². The topological polar surface area (TPSA) is 56.7 Å². The van der Waals surface area contributed by atoms with E-state index in [2.05, 4.69) is 0 Å². The van der Waals surface area contributed by atoms with Crippen molar-refractivity contribution in [3.8, 4) is 0 Å². The summed E-state index contributed by atoms with van der Waals surface area (Å²) in [5, 5.41) is 12.7. The van der Waals surface area contributed by atoms with Gasteiger partial charge in [-0.15, -0.1) is 0 Å². The highest BCUT2D eigenvalue weighted by Crippen LogP contribution is 2.21. The molecule has 0 amide bonds. The standard InChI is InChI=1S/C9H9Cl2NO2/c10-7-2-1-6(3-8(7)11)4-12-5-9(13)14/h1-3,12H,4-5H2,(H,13,14). The Labute approximate surface area is 91.6 Å².